The van der Waals surface area contributed by atoms with Crippen molar-refractivity contribution in [3.63, 3.8) is 0 Å². The third-order valence-corrected chi connectivity index (χ3v) is 7.48. The molecular weight excluding hydrogens is 498 g/mol. The van der Waals surface area contributed by atoms with Gasteiger partial charge in [0.25, 0.3) is 0 Å². The molecule has 0 bridgehead atoms. The zero-order chi connectivity index (χ0) is 26.7. The van der Waals surface area contributed by atoms with Gasteiger partial charge in [0.15, 0.2) is 6.29 Å². The predicted octanol–water partition coefficient (Wildman–Crippen LogP) is 5.41. The molecule has 1 N–H and O–H groups in total. The molecule has 3 aromatic heterocycles. The molecule has 0 spiro atoms. The number of hydrogen-bond acceptors (Lipinski definition) is 8. The van der Waals surface area contributed by atoms with Crippen LogP contribution in [0, 0.1) is 0 Å². The summed E-state index contributed by atoms with van der Waals surface area (Å²) in [7, 11) is 1.67. The maximum Gasteiger partial charge on any atom is 0.166 e. The van der Waals surface area contributed by atoms with Crippen LogP contribution in [0.25, 0.3) is 33.0 Å². The lowest BCUT2D eigenvalue weighted by Crippen LogP contribution is -2.36. The number of fused-ring (bicyclic) bond motifs is 3. The van der Waals surface area contributed by atoms with Crippen LogP contribution in [-0.4, -0.2) is 51.6 Å². The first kappa shape index (κ1) is 26.2. The number of rotatable bonds is 10. The summed E-state index contributed by atoms with van der Waals surface area (Å²) in [4.78, 5) is 26.6. The van der Waals surface area contributed by atoms with Gasteiger partial charge in [-0.05, 0) is 57.9 Å². The standard InChI is InChI=1S/C29H33N5O3S/c1-29(2,3)33-7-5-11-37-17-22-24(16-35)34-10-6-19-12-25(36-4)21(23-14-30-8-9-32-23)13-20(19)28(34)27(22)26-15-31-18-38-26/h8-9,12-16,18,33H,5-7,10-11,17H2,1-4H3. The van der Waals surface area contributed by atoms with E-state index in [2.05, 4.69) is 57.7 Å². The Labute approximate surface area is 227 Å². The quantitative estimate of drug-likeness (QED) is 0.216. The van der Waals surface area contributed by atoms with Crippen molar-refractivity contribution in [1.82, 2.24) is 24.8 Å². The van der Waals surface area contributed by atoms with Crippen LogP contribution >= 0.6 is 11.3 Å². The molecular formula is C29H33N5O3S. The van der Waals surface area contributed by atoms with E-state index in [1.165, 1.54) is 5.56 Å². The van der Waals surface area contributed by atoms with E-state index < -0.39 is 0 Å². The molecule has 0 saturated carbocycles. The van der Waals surface area contributed by atoms with Crippen molar-refractivity contribution in [3.8, 4) is 38.7 Å². The number of aryl methyl sites for hydroxylation is 1. The fourth-order valence-corrected chi connectivity index (χ4v) is 5.68. The highest BCUT2D eigenvalue weighted by atomic mass is 32.1. The molecule has 1 aliphatic rings. The first-order valence-corrected chi connectivity index (χ1v) is 13.7. The van der Waals surface area contributed by atoms with Crippen LogP contribution < -0.4 is 10.1 Å². The zero-order valence-electron chi connectivity index (χ0n) is 22.3. The summed E-state index contributed by atoms with van der Waals surface area (Å²) in [5.74, 6) is 0.756. The predicted molar refractivity (Wildman–Crippen MR) is 150 cm³/mol. The molecule has 4 heterocycles. The van der Waals surface area contributed by atoms with Gasteiger partial charge < -0.3 is 19.4 Å². The van der Waals surface area contributed by atoms with E-state index in [4.69, 9.17) is 9.47 Å². The molecule has 0 aliphatic carbocycles. The van der Waals surface area contributed by atoms with Crippen molar-refractivity contribution in [2.45, 2.75) is 52.3 Å². The number of carbonyl (C=O) groups is 1. The minimum Gasteiger partial charge on any atom is -0.496 e. The van der Waals surface area contributed by atoms with Crippen LogP contribution in [0.15, 0.2) is 42.4 Å². The molecule has 38 heavy (non-hydrogen) atoms. The van der Waals surface area contributed by atoms with E-state index in [1.54, 1.807) is 37.0 Å². The zero-order valence-corrected chi connectivity index (χ0v) is 23.1. The second-order valence-corrected chi connectivity index (χ2v) is 11.2. The van der Waals surface area contributed by atoms with Gasteiger partial charge in [-0.1, -0.05) is 0 Å². The van der Waals surface area contributed by atoms with Gasteiger partial charge in [-0.25, -0.2) is 0 Å². The maximum atomic E-state index is 12.5. The van der Waals surface area contributed by atoms with Gasteiger partial charge in [-0.2, -0.15) is 0 Å². The molecule has 1 aliphatic heterocycles. The highest BCUT2D eigenvalue weighted by Gasteiger charge is 2.30. The molecule has 4 aromatic rings. The third kappa shape index (κ3) is 5.27. The number of ether oxygens (including phenoxy) is 2. The number of aldehydes is 1. The molecule has 8 nitrogen and oxygen atoms in total. The van der Waals surface area contributed by atoms with E-state index in [0.29, 0.717) is 25.5 Å². The summed E-state index contributed by atoms with van der Waals surface area (Å²) in [5.41, 5.74) is 9.33. The van der Waals surface area contributed by atoms with Crippen LogP contribution in [0.3, 0.4) is 0 Å². The molecule has 198 valence electrons. The minimum atomic E-state index is 0.0751. The molecule has 0 saturated heterocycles. The Morgan fingerprint density at radius 3 is 2.71 bits per heavy atom. The fourth-order valence-electron chi connectivity index (χ4n) is 4.99. The van der Waals surface area contributed by atoms with Crippen LogP contribution in [0.5, 0.6) is 5.75 Å². The van der Waals surface area contributed by atoms with E-state index in [9.17, 15) is 4.79 Å². The number of thiazole rings is 1. The molecule has 9 heteroatoms. The summed E-state index contributed by atoms with van der Waals surface area (Å²) < 4.78 is 14.0. The van der Waals surface area contributed by atoms with Crippen LogP contribution in [0.2, 0.25) is 0 Å². The van der Waals surface area contributed by atoms with Crippen molar-refractivity contribution >= 4 is 17.6 Å². The maximum absolute atomic E-state index is 12.5. The lowest BCUT2D eigenvalue weighted by atomic mass is 9.92. The Kier molecular flexibility index (Phi) is 7.69. The van der Waals surface area contributed by atoms with Crippen molar-refractivity contribution in [2.75, 3.05) is 20.3 Å². The molecule has 1 aromatic carbocycles. The van der Waals surface area contributed by atoms with Gasteiger partial charge in [-0.3, -0.25) is 19.7 Å². The Morgan fingerprint density at radius 2 is 2.03 bits per heavy atom. The number of aromatic nitrogens is 4. The minimum absolute atomic E-state index is 0.0751. The highest BCUT2D eigenvalue weighted by Crippen LogP contribution is 2.46. The first-order valence-electron chi connectivity index (χ1n) is 12.8. The number of benzene rings is 1. The second-order valence-electron chi connectivity index (χ2n) is 10.4. The fraction of sp³-hybridized carbons (Fsp3) is 0.379. The Morgan fingerprint density at radius 1 is 1.16 bits per heavy atom. The van der Waals surface area contributed by atoms with Gasteiger partial charge in [0.1, 0.15) is 5.75 Å². The highest BCUT2D eigenvalue weighted by molar-refractivity contribution is 7.13. The summed E-state index contributed by atoms with van der Waals surface area (Å²) in [5, 5.41) is 3.49. The lowest BCUT2D eigenvalue weighted by molar-refractivity contribution is 0.108. The van der Waals surface area contributed by atoms with Crippen LogP contribution in [0.4, 0.5) is 0 Å². The topological polar surface area (TPSA) is 91.2 Å². The van der Waals surface area contributed by atoms with E-state index in [0.717, 1.165) is 69.9 Å². The van der Waals surface area contributed by atoms with Gasteiger partial charge >= 0.3 is 0 Å². The average molecular weight is 532 g/mol. The van der Waals surface area contributed by atoms with Crippen molar-refractivity contribution in [1.29, 1.82) is 0 Å². The summed E-state index contributed by atoms with van der Waals surface area (Å²) >= 11 is 1.57. The van der Waals surface area contributed by atoms with Crippen LogP contribution in [-0.2, 0) is 24.3 Å². The SMILES string of the molecule is COc1cc2c(cc1-c1cnccn1)-c1c(-c3cncs3)c(COCCCNC(C)(C)C)c(C=O)n1CC2. The molecule has 0 unspecified atom stereocenters. The smallest absolute Gasteiger partial charge is 0.166 e. The van der Waals surface area contributed by atoms with Crippen molar-refractivity contribution in [3.05, 3.63) is 59.3 Å². The van der Waals surface area contributed by atoms with Crippen molar-refractivity contribution < 1.29 is 14.3 Å². The van der Waals surface area contributed by atoms with Gasteiger partial charge in [-0.15, -0.1) is 11.3 Å². The number of carbonyl (C=O) groups excluding carboxylic acids is 1. The lowest BCUT2D eigenvalue weighted by Gasteiger charge is -2.23. The number of nitrogens with zero attached hydrogens (tertiary/aromatic N) is 4. The second kappa shape index (κ2) is 11.1. The Hall–Kier alpha value is -3.40. The summed E-state index contributed by atoms with van der Waals surface area (Å²) in [6.45, 7) is 9.00. The van der Waals surface area contributed by atoms with Gasteiger partial charge in [0.2, 0.25) is 0 Å². The van der Waals surface area contributed by atoms with E-state index >= 15 is 0 Å². The third-order valence-electron chi connectivity index (χ3n) is 6.69. The molecule has 0 radical (unpaired) electrons. The van der Waals surface area contributed by atoms with E-state index in [-0.39, 0.29) is 5.54 Å². The van der Waals surface area contributed by atoms with Gasteiger partial charge in [0.05, 0.1) is 47.4 Å². The van der Waals surface area contributed by atoms with Crippen molar-refractivity contribution in [2.24, 2.45) is 0 Å². The molecule has 0 amide bonds. The average Bonchev–Trinajstić information content (AvgIpc) is 3.55. The Balaban J connectivity index is 1.57. The molecule has 0 fully saturated rings. The largest absolute Gasteiger partial charge is 0.496 e. The summed E-state index contributed by atoms with van der Waals surface area (Å²) in [6.07, 6.45) is 9.58. The molecule has 5 rings (SSSR count). The number of hydrogen-bond donors (Lipinski definition) is 1. The van der Waals surface area contributed by atoms with Crippen LogP contribution in [0.1, 0.15) is 48.8 Å². The molecule has 0 atom stereocenters. The number of methoxy groups -OCH3 is 1. The first-order chi connectivity index (χ1) is 18.4. The summed E-state index contributed by atoms with van der Waals surface area (Å²) in [6, 6.07) is 4.20. The number of nitrogens with one attached hydrogen (secondary N) is 1. The Bertz CT molecular complexity index is 1410. The normalized spacial score (nSPS) is 12.7. The van der Waals surface area contributed by atoms with Gasteiger partial charge in [0, 0.05) is 59.5 Å². The monoisotopic (exact) mass is 531 g/mol. The van der Waals surface area contributed by atoms with E-state index in [1.807, 2.05) is 11.7 Å².